The van der Waals surface area contributed by atoms with E-state index in [1.807, 2.05) is 0 Å². The Bertz CT molecular complexity index is 660. The van der Waals surface area contributed by atoms with Gasteiger partial charge in [0.25, 0.3) is 0 Å². The highest BCUT2D eigenvalue weighted by molar-refractivity contribution is 5.88. The largest absolute Gasteiger partial charge is 0.478 e. The summed E-state index contributed by atoms with van der Waals surface area (Å²) in [4.78, 5) is 19.0. The van der Waals surface area contributed by atoms with Crippen LogP contribution in [0.3, 0.4) is 0 Å². The minimum absolute atomic E-state index is 0.0378. The predicted octanol–water partition coefficient (Wildman–Crippen LogP) is 2.61. The van der Waals surface area contributed by atoms with Gasteiger partial charge in [0, 0.05) is 18.7 Å². The Kier molecular flexibility index (Phi) is 4.02. The summed E-state index contributed by atoms with van der Waals surface area (Å²) in [6.45, 7) is 1.77. The number of aromatic carboxylic acids is 1. The summed E-state index contributed by atoms with van der Waals surface area (Å²) in [5, 5.41) is 8.97. The van der Waals surface area contributed by atoms with E-state index in [0.717, 1.165) is 12.1 Å². The third-order valence-corrected chi connectivity index (χ3v) is 2.85. The van der Waals surface area contributed by atoms with Crippen LogP contribution in [0.25, 0.3) is 0 Å². The second-order valence-electron chi connectivity index (χ2n) is 4.22. The Hall–Kier alpha value is -2.37. The lowest BCUT2D eigenvalue weighted by Crippen LogP contribution is -2.09. The maximum atomic E-state index is 13.5. The molecule has 0 saturated carbocycles. The molecule has 6 heteroatoms. The molecule has 104 valence electrons. The molecule has 4 nitrogen and oxygen atoms in total. The molecule has 0 atom stereocenters. The van der Waals surface area contributed by atoms with Gasteiger partial charge in [-0.3, -0.25) is 0 Å². The van der Waals surface area contributed by atoms with Crippen molar-refractivity contribution in [3.05, 3.63) is 58.7 Å². The number of halogens is 2. The molecule has 0 bridgehead atoms. The van der Waals surface area contributed by atoms with Gasteiger partial charge in [-0.05, 0) is 18.1 Å². The number of benzene rings is 1. The molecular weight excluding hydrogens is 266 g/mol. The van der Waals surface area contributed by atoms with E-state index in [4.69, 9.17) is 5.11 Å². The first-order valence-corrected chi connectivity index (χ1v) is 6.03. The number of hydrogen-bond donors (Lipinski definition) is 1. The van der Waals surface area contributed by atoms with Crippen LogP contribution >= 0.6 is 0 Å². The molecule has 1 aromatic carbocycles. The molecule has 0 radical (unpaired) electrons. The highest BCUT2D eigenvalue weighted by Crippen LogP contribution is 2.14. The van der Waals surface area contributed by atoms with Crippen molar-refractivity contribution < 1.29 is 18.7 Å². The van der Waals surface area contributed by atoms with E-state index in [2.05, 4.69) is 9.97 Å². The smallest absolute Gasteiger partial charge is 0.339 e. The molecule has 1 N–H and O–H groups in total. The number of carboxylic acids is 1. The van der Waals surface area contributed by atoms with E-state index in [9.17, 15) is 13.6 Å². The Labute approximate surface area is 114 Å². The van der Waals surface area contributed by atoms with Crippen LogP contribution in [0.2, 0.25) is 0 Å². The second kappa shape index (κ2) is 5.73. The van der Waals surface area contributed by atoms with E-state index in [1.165, 1.54) is 12.3 Å². The van der Waals surface area contributed by atoms with Crippen LogP contribution in [0.15, 0.2) is 24.4 Å². The van der Waals surface area contributed by atoms with E-state index >= 15 is 0 Å². The molecule has 0 amide bonds. The molecule has 1 heterocycles. The van der Waals surface area contributed by atoms with Crippen LogP contribution < -0.4 is 0 Å². The van der Waals surface area contributed by atoms with E-state index in [-0.39, 0.29) is 17.5 Å². The fourth-order valence-electron chi connectivity index (χ4n) is 1.83. The molecule has 1 aromatic heterocycles. The highest BCUT2D eigenvalue weighted by atomic mass is 19.1. The number of aryl methyl sites for hydroxylation is 1. The van der Waals surface area contributed by atoms with Crippen molar-refractivity contribution in [3.63, 3.8) is 0 Å². The number of rotatable bonds is 4. The number of nitrogens with zero attached hydrogens (tertiary/aromatic N) is 2. The standard InChI is InChI=1S/C14H12F2N2O2/c1-2-12-10(14(19)20)7-17-13(18-12)5-8-3-4-9(15)6-11(8)16/h3-4,6-7H,2,5H2,1H3,(H,19,20). The van der Waals surface area contributed by atoms with Gasteiger partial charge in [0.15, 0.2) is 0 Å². The number of hydrogen-bond acceptors (Lipinski definition) is 3. The average molecular weight is 278 g/mol. The molecule has 2 aromatic rings. The van der Waals surface area contributed by atoms with Gasteiger partial charge in [0.1, 0.15) is 17.5 Å². The summed E-state index contributed by atoms with van der Waals surface area (Å²) in [6, 6.07) is 3.28. The molecule has 0 fully saturated rings. The zero-order valence-corrected chi connectivity index (χ0v) is 10.7. The first-order valence-electron chi connectivity index (χ1n) is 6.03. The van der Waals surface area contributed by atoms with Crippen molar-refractivity contribution in [2.24, 2.45) is 0 Å². The van der Waals surface area contributed by atoms with Gasteiger partial charge >= 0.3 is 5.97 Å². The summed E-state index contributed by atoms with van der Waals surface area (Å²) in [7, 11) is 0. The average Bonchev–Trinajstić information content (AvgIpc) is 2.41. The van der Waals surface area contributed by atoms with Gasteiger partial charge in [-0.15, -0.1) is 0 Å². The highest BCUT2D eigenvalue weighted by Gasteiger charge is 2.13. The van der Waals surface area contributed by atoms with E-state index in [0.29, 0.717) is 17.9 Å². The Morgan fingerprint density at radius 2 is 2.10 bits per heavy atom. The Morgan fingerprint density at radius 3 is 2.70 bits per heavy atom. The molecule has 2 rings (SSSR count). The van der Waals surface area contributed by atoms with Crippen molar-refractivity contribution in [1.29, 1.82) is 0 Å². The molecule has 20 heavy (non-hydrogen) atoms. The maximum Gasteiger partial charge on any atom is 0.339 e. The lowest BCUT2D eigenvalue weighted by molar-refractivity contribution is 0.0694. The maximum absolute atomic E-state index is 13.5. The fraction of sp³-hybridized carbons (Fsp3) is 0.214. The van der Waals surface area contributed by atoms with Gasteiger partial charge in [0.2, 0.25) is 0 Å². The normalized spacial score (nSPS) is 10.6. The third kappa shape index (κ3) is 2.96. The van der Waals surface area contributed by atoms with Crippen LogP contribution in [0.4, 0.5) is 8.78 Å². The van der Waals surface area contributed by atoms with Crippen LogP contribution in [-0.2, 0) is 12.8 Å². The zero-order valence-electron chi connectivity index (χ0n) is 10.7. The van der Waals surface area contributed by atoms with Crippen LogP contribution in [0.5, 0.6) is 0 Å². The second-order valence-corrected chi connectivity index (χ2v) is 4.22. The molecule has 0 aliphatic heterocycles. The lowest BCUT2D eigenvalue weighted by atomic mass is 10.1. The summed E-state index contributed by atoms with van der Waals surface area (Å²) in [5.41, 5.74) is 0.692. The predicted molar refractivity (Wildman–Crippen MR) is 67.5 cm³/mol. The van der Waals surface area contributed by atoms with Crippen LogP contribution in [-0.4, -0.2) is 21.0 Å². The van der Waals surface area contributed by atoms with Crippen LogP contribution in [0, 0.1) is 11.6 Å². The molecular formula is C14H12F2N2O2. The molecule has 0 aliphatic carbocycles. The molecule has 0 unspecified atom stereocenters. The minimum atomic E-state index is -1.10. The van der Waals surface area contributed by atoms with Crippen LogP contribution in [0.1, 0.15) is 34.4 Å². The van der Waals surface area contributed by atoms with Gasteiger partial charge in [-0.2, -0.15) is 0 Å². The Morgan fingerprint density at radius 1 is 1.35 bits per heavy atom. The van der Waals surface area contributed by atoms with Crippen molar-refractivity contribution in [2.75, 3.05) is 0 Å². The lowest BCUT2D eigenvalue weighted by Gasteiger charge is -2.06. The first kappa shape index (κ1) is 14.0. The van der Waals surface area contributed by atoms with E-state index in [1.54, 1.807) is 6.92 Å². The van der Waals surface area contributed by atoms with Gasteiger partial charge in [0.05, 0.1) is 11.3 Å². The fourth-order valence-corrected chi connectivity index (χ4v) is 1.83. The quantitative estimate of drug-likeness (QED) is 0.933. The van der Waals surface area contributed by atoms with Gasteiger partial charge < -0.3 is 5.11 Å². The van der Waals surface area contributed by atoms with Gasteiger partial charge in [-0.25, -0.2) is 23.5 Å². The first-order chi connectivity index (χ1) is 9.51. The molecule has 0 saturated heterocycles. The van der Waals surface area contributed by atoms with Gasteiger partial charge in [-0.1, -0.05) is 13.0 Å². The zero-order chi connectivity index (χ0) is 14.7. The van der Waals surface area contributed by atoms with E-state index < -0.39 is 17.6 Å². The summed E-state index contributed by atoms with van der Waals surface area (Å²) in [6.07, 6.45) is 1.73. The Balaban J connectivity index is 2.32. The monoisotopic (exact) mass is 278 g/mol. The van der Waals surface area contributed by atoms with Crippen molar-refractivity contribution in [2.45, 2.75) is 19.8 Å². The summed E-state index contributed by atoms with van der Waals surface area (Å²) in [5.74, 6) is -2.12. The SMILES string of the molecule is CCc1nc(Cc2ccc(F)cc2F)ncc1C(=O)O. The van der Waals surface area contributed by atoms with Crippen molar-refractivity contribution in [1.82, 2.24) is 9.97 Å². The number of aromatic nitrogens is 2. The third-order valence-electron chi connectivity index (χ3n) is 2.85. The minimum Gasteiger partial charge on any atom is -0.478 e. The summed E-state index contributed by atoms with van der Waals surface area (Å²) < 4.78 is 26.3. The number of carboxylic acid groups (broad SMARTS) is 1. The molecule has 0 aliphatic rings. The topological polar surface area (TPSA) is 63.1 Å². The summed E-state index contributed by atoms with van der Waals surface area (Å²) >= 11 is 0. The number of carbonyl (C=O) groups is 1. The molecule has 0 spiro atoms. The van der Waals surface area contributed by atoms with Crippen molar-refractivity contribution >= 4 is 5.97 Å². The van der Waals surface area contributed by atoms with Crippen molar-refractivity contribution in [3.8, 4) is 0 Å².